The van der Waals surface area contributed by atoms with Crippen molar-refractivity contribution in [1.82, 2.24) is 0 Å². The molecule has 0 saturated carbocycles. The quantitative estimate of drug-likeness (QED) is 0.254. The lowest BCUT2D eigenvalue weighted by Gasteiger charge is -2.28. The lowest BCUT2D eigenvalue weighted by Crippen LogP contribution is -2.21. The molecule has 6 heteroatoms. The summed E-state index contributed by atoms with van der Waals surface area (Å²) < 4.78 is 12.2. The molecule has 0 aromatic heterocycles. The van der Waals surface area contributed by atoms with E-state index in [1.165, 1.54) is 5.56 Å². The summed E-state index contributed by atoms with van der Waals surface area (Å²) in [5.41, 5.74) is 5.74. The van der Waals surface area contributed by atoms with Gasteiger partial charge in [-0.15, -0.1) is 0 Å². The molecular formula is C32H37NO5. The maximum atomic E-state index is 13.5. The fourth-order valence-electron chi connectivity index (χ4n) is 4.93. The van der Waals surface area contributed by atoms with Crippen LogP contribution in [0.1, 0.15) is 78.2 Å². The first-order valence-corrected chi connectivity index (χ1v) is 13.5. The van der Waals surface area contributed by atoms with Gasteiger partial charge in [-0.3, -0.25) is 9.59 Å². The van der Waals surface area contributed by atoms with Crippen LogP contribution in [0.15, 0.2) is 66.7 Å². The first-order chi connectivity index (χ1) is 18.4. The number of hydrogen-bond donors (Lipinski definition) is 2. The zero-order chi connectivity index (χ0) is 26.9. The maximum absolute atomic E-state index is 13.5. The summed E-state index contributed by atoms with van der Waals surface area (Å²) in [6.07, 6.45) is 4.14. The van der Waals surface area contributed by atoms with E-state index in [1.54, 1.807) is 12.1 Å². The number of aliphatic carboxylic acids is 1. The van der Waals surface area contributed by atoms with Gasteiger partial charge in [0.15, 0.2) is 0 Å². The topological polar surface area (TPSA) is 84.9 Å². The van der Waals surface area contributed by atoms with Gasteiger partial charge in [0.25, 0.3) is 5.91 Å². The van der Waals surface area contributed by atoms with Crippen LogP contribution in [0.25, 0.3) is 0 Å². The molecule has 3 aromatic carbocycles. The van der Waals surface area contributed by atoms with Crippen molar-refractivity contribution in [2.75, 3.05) is 11.9 Å². The molecule has 4 rings (SSSR count). The maximum Gasteiger partial charge on any atom is 0.303 e. The number of nitrogens with one attached hydrogen (secondary N) is 1. The predicted octanol–water partition coefficient (Wildman–Crippen LogP) is 6.98. The molecule has 6 nitrogen and oxygen atoms in total. The van der Waals surface area contributed by atoms with Crippen LogP contribution in [0.2, 0.25) is 0 Å². The number of carboxylic acid groups (broad SMARTS) is 1. The molecule has 1 aliphatic rings. The smallest absolute Gasteiger partial charge is 0.303 e. The molecule has 0 saturated heterocycles. The molecule has 3 aromatic rings. The Hall–Kier alpha value is -3.64. The Morgan fingerprint density at radius 1 is 1.00 bits per heavy atom. The van der Waals surface area contributed by atoms with Gasteiger partial charge in [0.05, 0.1) is 25.0 Å². The van der Waals surface area contributed by atoms with Crippen LogP contribution in [0.3, 0.4) is 0 Å². The van der Waals surface area contributed by atoms with Gasteiger partial charge in [0.2, 0.25) is 0 Å². The summed E-state index contributed by atoms with van der Waals surface area (Å²) in [5, 5.41) is 11.9. The lowest BCUT2D eigenvalue weighted by atomic mass is 9.85. The fraction of sp³-hybridized carbons (Fsp3) is 0.375. The summed E-state index contributed by atoms with van der Waals surface area (Å²) in [6, 6.07) is 21.7. The average Bonchev–Trinajstić information content (AvgIpc) is 2.90. The molecule has 0 heterocycles. The number of amides is 1. The molecule has 1 aliphatic carbocycles. The standard InChI is InChI=1S/C32H37NO5/c1-22(2)20-23-15-17-24(18-16-23)21-38-29-13-6-9-25-8-5-10-26(31(25)29)32(36)33-27-11-3-4-12-28(27)37-19-7-14-30(34)35/h3-5,8,10-12,15-18,22,29H,6-7,9,13-14,19-21H2,1-2H3,(H,33,36)(H,34,35). The third-order valence-corrected chi connectivity index (χ3v) is 6.72. The van der Waals surface area contributed by atoms with Gasteiger partial charge in [0.1, 0.15) is 5.75 Å². The highest BCUT2D eigenvalue weighted by atomic mass is 16.5. The van der Waals surface area contributed by atoms with E-state index < -0.39 is 5.97 Å². The van der Waals surface area contributed by atoms with Crippen molar-refractivity contribution >= 4 is 17.6 Å². The molecule has 200 valence electrons. The average molecular weight is 516 g/mol. The number of anilines is 1. The van der Waals surface area contributed by atoms with Crippen molar-refractivity contribution in [2.45, 2.75) is 65.1 Å². The molecular weight excluding hydrogens is 478 g/mol. The Bertz CT molecular complexity index is 1230. The van der Waals surface area contributed by atoms with Crippen LogP contribution in [0.4, 0.5) is 5.69 Å². The number of carbonyl (C=O) groups is 2. The van der Waals surface area contributed by atoms with Crippen LogP contribution in [-0.2, 0) is 29.0 Å². The van der Waals surface area contributed by atoms with Crippen LogP contribution in [0.5, 0.6) is 5.75 Å². The molecule has 1 amide bonds. The molecule has 2 N–H and O–H groups in total. The van der Waals surface area contributed by atoms with E-state index in [1.807, 2.05) is 24.3 Å². The minimum absolute atomic E-state index is 0.0359. The highest BCUT2D eigenvalue weighted by Gasteiger charge is 2.27. The fourth-order valence-corrected chi connectivity index (χ4v) is 4.93. The summed E-state index contributed by atoms with van der Waals surface area (Å²) in [5.74, 6) is 0.0709. The van der Waals surface area contributed by atoms with Crippen LogP contribution < -0.4 is 10.1 Å². The summed E-state index contributed by atoms with van der Waals surface area (Å²) in [4.78, 5) is 24.3. The van der Waals surface area contributed by atoms with E-state index >= 15 is 0 Å². The SMILES string of the molecule is CC(C)Cc1ccc(COC2CCCc3cccc(C(=O)Nc4ccccc4OCCCC(=O)O)c32)cc1. The molecule has 1 unspecified atom stereocenters. The Balaban J connectivity index is 1.46. The van der Waals surface area contributed by atoms with Gasteiger partial charge in [-0.05, 0) is 78.5 Å². The zero-order valence-corrected chi connectivity index (χ0v) is 22.2. The summed E-state index contributed by atoms with van der Waals surface area (Å²) in [6.45, 7) is 5.20. The molecule has 0 radical (unpaired) electrons. The van der Waals surface area contributed by atoms with E-state index in [4.69, 9.17) is 14.6 Å². The Morgan fingerprint density at radius 3 is 2.53 bits per heavy atom. The molecule has 38 heavy (non-hydrogen) atoms. The number of rotatable bonds is 12. The second kappa shape index (κ2) is 13.2. The Morgan fingerprint density at radius 2 is 1.76 bits per heavy atom. The first kappa shape index (κ1) is 27.4. The Labute approximate surface area is 225 Å². The molecule has 0 fully saturated rings. The van der Waals surface area contributed by atoms with Gasteiger partial charge in [-0.25, -0.2) is 0 Å². The lowest BCUT2D eigenvalue weighted by molar-refractivity contribution is -0.137. The first-order valence-electron chi connectivity index (χ1n) is 13.5. The molecule has 0 bridgehead atoms. The van der Waals surface area contributed by atoms with E-state index in [2.05, 4.69) is 49.5 Å². The van der Waals surface area contributed by atoms with Gasteiger partial charge in [-0.1, -0.05) is 62.4 Å². The van der Waals surface area contributed by atoms with Crippen LogP contribution in [0, 0.1) is 5.92 Å². The van der Waals surface area contributed by atoms with Crippen molar-refractivity contribution in [3.8, 4) is 5.75 Å². The second-order valence-electron chi connectivity index (χ2n) is 10.3. The van der Waals surface area contributed by atoms with E-state index in [9.17, 15) is 9.59 Å². The van der Waals surface area contributed by atoms with Crippen molar-refractivity contribution < 1.29 is 24.2 Å². The van der Waals surface area contributed by atoms with Gasteiger partial charge in [0, 0.05) is 12.0 Å². The summed E-state index contributed by atoms with van der Waals surface area (Å²) >= 11 is 0. The van der Waals surface area contributed by atoms with Crippen molar-refractivity contribution in [3.63, 3.8) is 0 Å². The minimum Gasteiger partial charge on any atom is -0.491 e. The van der Waals surface area contributed by atoms with E-state index in [0.717, 1.165) is 42.4 Å². The number of carboxylic acids is 1. The molecule has 0 aliphatic heterocycles. The number of hydrogen-bond acceptors (Lipinski definition) is 4. The number of benzene rings is 3. The third kappa shape index (κ3) is 7.45. The van der Waals surface area contributed by atoms with Gasteiger partial charge < -0.3 is 19.9 Å². The predicted molar refractivity (Wildman–Crippen MR) is 149 cm³/mol. The van der Waals surface area contributed by atoms with E-state index in [-0.39, 0.29) is 25.0 Å². The highest BCUT2D eigenvalue weighted by Crippen LogP contribution is 2.36. The monoisotopic (exact) mass is 515 g/mol. The summed E-state index contributed by atoms with van der Waals surface area (Å²) in [7, 11) is 0. The molecule has 1 atom stereocenters. The minimum atomic E-state index is -0.857. The Kier molecular flexibility index (Phi) is 9.55. The second-order valence-corrected chi connectivity index (χ2v) is 10.3. The number of para-hydroxylation sites is 2. The molecule has 0 spiro atoms. The van der Waals surface area contributed by atoms with Crippen molar-refractivity contribution in [2.24, 2.45) is 5.92 Å². The zero-order valence-electron chi connectivity index (χ0n) is 22.2. The number of fused-ring (bicyclic) bond motifs is 1. The van der Waals surface area contributed by atoms with Gasteiger partial charge >= 0.3 is 5.97 Å². The van der Waals surface area contributed by atoms with Gasteiger partial charge in [-0.2, -0.15) is 0 Å². The number of aryl methyl sites for hydroxylation is 1. The van der Waals surface area contributed by atoms with Crippen molar-refractivity contribution in [3.05, 3.63) is 94.5 Å². The number of carbonyl (C=O) groups excluding carboxylic acids is 1. The van der Waals surface area contributed by atoms with Crippen LogP contribution >= 0.6 is 0 Å². The van der Waals surface area contributed by atoms with Crippen LogP contribution in [-0.4, -0.2) is 23.6 Å². The number of ether oxygens (including phenoxy) is 2. The third-order valence-electron chi connectivity index (χ3n) is 6.72. The normalized spacial score (nSPS) is 14.7. The highest BCUT2D eigenvalue weighted by molar-refractivity contribution is 6.06. The van der Waals surface area contributed by atoms with E-state index in [0.29, 0.717) is 35.9 Å². The largest absolute Gasteiger partial charge is 0.491 e. The van der Waals surface area contributed by atoms with Crippen molar-refractivity contribution in [1.29, 1.82) is 0 Å².